The lowest BCUT2D eigenvalue weighted by molar-refractivity contribution is 0.152. The minimum absolute atomic E-state index is 0.0188. The Balaban J connectivity index is 0.662. The van der Waals surface area contributed by atoms with Crippen molar-refractivity contribution < 1.29 is 8.83 Å². The van der Waals surface area contributed by atoms with E-state index in [2.05, 4.69) is 462 Å². The molecule has 2 aromatic heterocycles. The monoisotopic (exact) mass is 1950 g/mol. The van der Waals surface area contributed by atoms with Crippen molar-refractivity contribution in [3.63, 3.8) is 0 Å². The maximum Gasteiger partial charge on any atom is 0.297 e. The summed E-state index contributed by atoms with van der Waals surface area (Å²) < 4.78 is 16.5. The van der Waals surface area contributed by atoms with Crippen LogP contribution in [0.2, 0.25) is 0 Å². The van der Waals surface area contributed by atoms with Crippen LogP contribution in [-0.4, -0.2) is 13.4 Å². The van der Waals surface area contributed by atoms with Crippen LogP contribution in [0.25, 0.3) is 66.4 Å². The Morgan fingerprint density at radius 1 is 0.262 bits per heavy atom. The maximum absolute atomic E-state index is 8.39. The molecule has 752 valence electrons. The molecule has 0 N–H and O–H groups in total. The van der Waals surface area contributed by atoms with Crippen molar-refractivity contribution in [3.05, 3.63) is 343 Å². The molecule has 0 radical (unpaired) electrons. The van der Waals surface area contributed by atoms with E-state index in [1.165, 1.54) is 234 Å². The van der Waals surface area contributed by atoms with Crippen LogP contribution >= 0.6 is 0 Å². The van der Waals surface area contributed by atoms with Crippen molar-refractivity contribution in [1.29, 1.82) is 0 Å². The molecule has 8 heteroatoms. The number of benzene rings is 14. The number of fused-ring (bicyclic) bond motifs is 18. The summed E-state index contributed by atoms with van der Waals surface area (Å²) in [5.74, 6) is 0.273. The molecule has 0 saturated carbocycles. The van der Waals surface area contributed by atoms with Crippen LogP contribution in [0.1, 0.15) is 331 Å². The Kier molecular flexibility index (Phi) is 20.7. The van der Waals surface area contributed by atoms with Crippen LogP contribution in [0.5, 0.6) is 0 Å². The lowest BCUT2D eigenvalue weighted by atomic mass is 9.35. The van der Waals surface area contributed by atoms with Gasteiger partial charge in [0.2, 0.25) is 0 Å². The summed E-state index contributed by atoms with van der Waals surface area (Å²) in [6, 6.07) is 100. The van der Waals surface area contributed by atoms with E-state index < -0.39 is 0 Å². The van der Waals surface area contributed by atoms with Gasteiger partial charge in [0.25, 0.3) is 13.4 Å². The van der Waals surface area contributed by atoms with Crippen LogP contribution < -0.4 is 52.8 Å². The fourth-order valence-electron chi connectivity index (χ4n) is 30.9. The first kappa shape index (κ1) is 96.1. The minimum atomic E-state index is -0.299. The maximum atomic E-state index is 8.39. The Morgan fingerprint density at radius 2 is 0.617 bits per heavy atom. The van der Waals surface area contributed by atoms with Gasteiger partial charge in [0, 0.05) is 67.4 Å². The van der Waals surface area contributed by atoms with E-state index >= 15 is 0 Å². The lowest BCUT2D eigenvalue weighted by Crippen LogP contribution is -2.61. The van der Waals surface area contributed by atoms with Crippen molar-refractivity contribution in [3.8, 4) is 44.5 Å². The fraction of sp³-hybridized carbons (Fsp3) is 0.376. The highest BCUT2D eigenvalue weighted by Gasteiger charge is 2.56. The van der Waals surface area contributed by atoms with E-state index in [9.17, 15) is 0 Å². The number of rotatable bonds is 10. The first-order valence-corrected chi connectivity index (χ1v) is 56.4. The van der Waals surface area contributed by atoms with E-state index in [4.69, 9.17) is 8.83 Å². The molecule has 6 aliphatic carbocycles. The van der Waals surface area contributed by atoms with Crippen LogP contribution in [0.4, 0.5) is 68.2 Å². The summed E-state index contributed by atoms with van der Waals surface area (Å²) in [5.41, 5.74) is 55.7. The number of nitrogens with zero attached hydrogens (tertiary/aromatic N) is 4. The zero-order valence-electron chi connectivity index (χ0n) is 94.0. The molecule has 0 bridgehead atoms. The Labute approximate surface area is 888 Å². The second-order valence-corrected chi connectivity index (χ2v) is 55.4. The highest BCUT2D eigenvalue weighted by Crippen LogP contribution is 2.64. The molecule has 0 amide bonds. The molecule has 26 rings (SSSR count). The standard InChI is InChI=1S/C141H150B2N4O2/c1-82-64-117-124-120(67-82)147(114-77-107-103(133(12,13)57-60-136(107,18)19)73-96(114)88-43-33-30-34-44-88)116-69-90(123-85(4)39-37-40-86(123)5)47-53-112(116)143(124)129-127(144(117)92-48-50-99-101(70-92)131(8,9)55-54-130(99,6)7)98-75-105-110(79-122(98)149-129)141(28,63-62-138(105,22)23)81-91-80-139(24,25)100-51-49-93(71-109(100)140(91,26)27)145-118-65-83(2)66-119-125(118)142(128-126(145)97-74-104-108(78-121(97)148-128)137(20,21)61-58-134(104,14)15)111-52-46-89(94-45-36-35-38-84(94)3)68-115(111)146(119)113-76-106-102(132(10,11)56-59-135(106,16)17)72-95(113)87-41-31-29-32-42-87/h29-53,64-79,91H,54-63,80-81H2,1-28H3. The third-order valence-corrected chi connectivity index (χ3v) is 40.5. The molecule has 149 heavy (non-hydrogen) atoms. The molecule has 10 aliphatic rings. The number of aryl methyl sites for hydroxylation is 5. The topological polar surface area (TPSA) is 39.2 Å². The molecule has 16 aromatic rings. The van der Waals surface area contributed by atoms with E-state index in [0.29, 0.717) is 0 Å². The second-order valence-electron chi connectivity index (χ2n) is 55.4. The lowest BCUT2D eigenvalue weighted by Gasteiger charge is -2.52. The predicted molar refractivity (Wildman–Crippen MR) is 635 cm³/mol. The summed E-state index contributed by atoms with van der Waals surface area (Å²) in [4.78, 5) is 10.9. The molecule has 2 atom stereocenters. The van der Waals surface area contributed by atoms with Gasteiger partial charge in [-0.15, -0.1) is 0 Å². The van der Waals surface area contributed by atoms with Gasteiger partial charge < -0.3 is 28.4 Å². The Bertz CT molecular complexity index is 8420. The largest absolute Gasteiger partial charge is 0.468 e. The van der Waals surface area contributed by atoms with Crippen LogP contribution in [-0.2, 0) is 65.0 Å². The van der Waals surface area contributed by atoms with Crippen LogP contribution in [0, 0.1) is 40.5 Å². The average Bonchev–Trinajstić information content (AvgIpc) is 1.49. The molecular formula is C141H150B2N4O2. The normalized spacial score (nSPS) is 21.0. The number of anilines is 12. The Hall–Kier alpha value is -12.5. The average molecular weight is 1950 g/mol. The van der Waals surface area contributed by atoms with Gasteiger partial charge in [0.1, 0.15) is 11.2 Å². The van der Waals surface area contributed by atoms with E-state index in [0.717, 1.165) is 105 Å². The molecule has 0 fully saturated rings. The highest BCUT2D eigenvalue weighted by atomic mass is 16.3. The smallest absolute Gasteiger partial charge is 0.297 e. The minimum Gasteiger partial charge on any atom is -0.468 e. The quantitative estimate of drug-likeness (QED) is 0.127. The molecule has 6 heterocycles. The predicted octanol–water partition coefficient (Wildman–Crippen LogP) is 34.9. The third-order valence-electron chi connectivity index (χ3n) is 40.5. The molecule has 0 spiro atoms. The van der Waals surface area contributed by atoms with Crippen molar-refractivity contribution >= 4 is 137 Å². The first-order valence-electron chi connectivity index (χ1n) is 56.4. The number of hydrogen-bond donors (Lipinski definition) is 0. The second kappa shape index (κ2) is 32.1. The number of furan rings is 2. The van der Waals surface area contributed by atoms with Gasteiger partial charge in [-0.3, -0.25) is 0 Å². The highest BCUT2D eigenvalue weighted by molar-refractivity contribution is 7.00. The van der Waals surface area contributed by atoms with Crippen LogP contribution in [0.3, 0.4) is 0 Å². The summed E-state index contributed by atoms with van der Waals surface area (Å²) in [6.45, 7) is 69.2. The fourth-order valence-corrected chi connectivity index (χ4v) is 30.9. The van der Waals surface area contributed by atoms with Gasteiger partial charge in [-0.2, -0.15) is 0 Å². The summed E-state index contributed by atoms with van der Waals surface area (Å²) in [5, 5.41) is 2.38. The molecule has 2 unspecified atom stereocenters. The van der Waals surface area contributed by atoms with E-state index in [1.54, 1.807) is 0 Å². The summed E-state index contributed by atoms with van der Waals surface area (Å²) in [6.07, 6.45) is 13.1. The van der Waals surface area contributed by atoms with Crippen molar-refractivity contribution in [1.82, 2.24) is 0 Å². The molecule has 6 nitrogen and oxygen atoms in total. The van der Waals surface area contributed by atoms with Crippen molar-refractivity contribution in [2.45, 2.75) is 336 Å². The molecule has 0 saturated heterocycles. The van der Waals surface area contributed by atoms with Crippen molar-refractivity contribution in [2.75, 3.05) is 19.6 Å². The zero-order chi connectivity index (χ0) is 104. The number of hydrogen-bond acceptors (Lipinski definition) is 6. The van der Waals surface area contributed by atoms with Gasteiger partial charge in [0.05, 0.1) is 34.1 Å². The van der Waals surface area contributed by atoms with Crippen LogP contribution in [0.15, 0.2) is 258 Å². The SMILES string of the molecule is Cc1cc2c3c(c1)N(c1ccc4c(c1)C(C)(C)C(CC1(C)CCC(C)(C)c5cc6c7c(oc6cc51)B1c5ccc(-c6c(C)cccc6C)cc5N(c5cc6c(cc5-c5ccccc5)C(C)(C)CCC6(C)C)c5cc(C)cc(c51)N7c1ccc5c(c1)C(C)(C)CCC5(C)C)CC4(C)C)c1c(oc4cc5c(cc14)C(C)(C)CCC5(C)C)B3c1ccc(-c3ccccc3C)cc1N2c1cc2c(cc1-c1ccccc1)C(C)(C)CCC2(C)C. The first-order chi connectivity index (χ1) is 70.4. The zero-order valence-corrected chi connectivity index (χ0v) is 94.0. The molecule has 4 aliphatic heterocycles. The summed E-state index contributed by atoms with van der Waals surface area (Å²) in [7, 11) is 0. The van der Waals surface area contributed by atoms with E-state index in [1.807, 2.05) is 0 Å². The molecular weight excluding hydrogens is 1800 g/mol. The van der Waals surface area contributed by atoms with Gasteiger partial charge in [0.15, 0.2) is 0 Å². The van der Waals surface area contributed by atoms with Gasteiger partial charge in [-0.1, -0.05) is 299 Å². The van der Waals surface area contributed by atoms with Gasteiger partial charge >= 0.3 is 0 Å². The van der Waals surface area contributed by atoms with Gasteiger partial charge in [-0.05, 0) is 442 Å². The summed E-state index contributed by atoms with van der Waals surface area (Å²) >= 11 is 0. The third kappa shape index (κ3) is 14.3. The molecule has 14 aromatic carbocycles. The van der Waals surface area contributed by atoms with Gasteiger partial charge in [-0.25, -0.2) is 0 Å². The Morgan fingerprint density at radius 3 is 1.07 bits per heavy atom. The van der Waals surface area contributed by atoms with E-state index in [-0.39, 0.29) is 84.3 Å². The van der Waals surface area contributed by atoms with Crippen molar-refractivity contribution in [2.24, 2.45) is 5.92 Å².